The van der Waals surface area contributed by atoms with Crippen LogP contribution in [0.3, 0.4) is 0 Å². The molecule has 0 rings (SSSR count). The minimum Gasteiger partial charge on any atom is -0.481 e. The smallest absolute Gasteiger partial charge is 0.303 e. The third kappa shape index (κ3) is 6.22. The standard InChI is InChI=1S/C10H17NO3/c1-3-4-5-8-11(2)9(12)6-7-10(13)14/h3H,1,4-8H2,2H3,(H,13,14). The highest BCUT2D eigenvalue weighted by molar-refractivity contribution is 5.80. The first-order valence-corrected chi connectivity index (χ1v) is 4.64. The zero-order chi connectivity index (χ0) is 11.0. The van der Waals surface area contributed by atoms with Crippen LogP contribution in [-0.2, 0) is 9.59 Å². The molecule has 1 N–H and O–H groups in total. The SMILES string of the molecule is C=CCCCN(C)C(=O)CCC(=O)O. The summed E-state index contributed by atoms with van der Waals surface area (Å²) in [6.45, 7) is 4.24. The molecule has 0 spiro atoms. The Morgan fingerprint density at radius 1 is 1.43 bits per heavy atom. The van der Waals surface area contributed by atoms with Gasteiger partial charge in [0.25, 0.3) is 0 Å². The van der Waals surface area contributed by atoms with Crippen molar-refractivity contribution in [2.24, 2.45) is 0 Å². The van der Waals surface area contributed by atoms with Crippen molar-refractivity contribution < 1.29 is 14.7 Å². The number of carboxylic acids is 1. The van der Waals surface area contributed by atoms with Gasteiger partial charge in [0.2, 0.25) is 5.91 Å². The fraction of sp³-hybridized carbons (Fsp3) is 0.600. The maximum absolute atomic E-state index is 11.3. The maximum atomic E-state index is 11.3. The number of hydrogen-bond acceptors (Lipinski definition) is 2. The van der Waals surface area contributed by atoms with Gasteiger partial charge in [-0.05, 0) is 12.8 Å². The van der Waals surface area contributed by atoms with Crippen molar-refractivity contribution in [3.05, 3.63) is 12.7 Å². The Morgan fingerprint density at radius 3 is 2.57 bits per heavy atom. The molecule has 0 aliphatic rings. The van der Waals surface area contributed by atoms with Crippen LogP contribution in [0.15, 0.2) is 12.7 Å². The molecule has 4 heteroatoms. The molecule has 0 bridgehead atoms. The number of unbranched alkanes of at least 4 members (excludes halogenated alkanes) is 1. The summed E-state index contributed by atoms with van der Waals surface area (Å²) in [6.07, 6.45) is 3.54. The fourth-order valence-corrected chi connectivity index (χ4v) is 1.00. The summed E-state index contributed by atoms with van der Waals surface area (Å²) in [6, 6.07) is 0. The van der Waals surface area contributed by atoms with Crippen molar-refractivity contribution in [1.82, 2.24) is 4.90 Å². The van der Waals surface area contributed by atoms with Crippen molar-refractivity contribution in [3.63, 3.8) is 0 Å². The van der Waals surface area contributed by atoms with E-state index in [1.807, 2.05) is 0 Å². The molecule has 0 radical (unpaired) electrons. The predicted octanol–water partition coefficient (Wildman–Crippen LogP) is 1.28. The van der Waals surface area contributed by atoms with Crippen molar-refractivity contribution in [2.45, 2.75) is 25.7 Å². The van der Waals surface area contributed by atoms with E-state index in [-0.39, 0.29) is 18.7 Å². The van der Waals surface area contributed by atoms with Gasteiger partial charge in [-0.2, -0.15) is 0 Å². The largest absolute Gasteiger partial charge is 0.481 e. The number of hydrogen-bond donors (Lipinski definition) is 1. The highest BCUT2D eigenvalue weighted by Crippen LogP contribution is 1.98. The van der Waals surface area contributed by atoms with Gasteiger partial charge in [-0.15, -0.1) is 6.58 Å². The van der Waals surface area contributed by atoms with Crippen LogP contribution in [0.5, 0.6) is 0 Å². The first-order chi connectivity index (χ1) is 6.57. The Balaban J connectivity index is 3.64. The second-order valence-corrected chi connectivity index (χ2v) is 3.14. The molecule has 0 aromatic rings. The molecular weight excluding hydrogens is 182 g/mol. The minimum absolute atomic E-state index is 0.0833. The lowest BCUT2D eigenvalue weighted by atomic mass is 10.2. The number of aliphatic carboxylic acids is 1. The maximum Gasteiger partial charge on any atom is 0.303 e. The summed E-state index contributed by atoms with van der Waals surface area (Å²) < 4.78 is 0. The van der Waals surface area contributed by atoms with Crippen LogP contribution >= 0.6 is 0 Å². The van der Waals surface area contributed by atoms with Gasteiger partial charge >= 0.3 is 5.97 Å². The van der Waals surface area contributed by atoms with Crippen LogP contribution in [0.2, 0.25) is 0 Å². The predicted molar refractivity (Wildman–Crippen MR) is 53.9 cm³/mol. The zero-order valence-electron chi connectivity index (χ0n) is 8.53. The minimum atomic E-state index is -0.933. The van der Waals surface area contributed by atoms with Gasteiger partial charge in [0, 0.05) is 20.0 Å². The van der Waals surface area contributed by atoms with Crippen molar-refractivity contribution in [1.29, 1.82) is 0 Å². The summed E-state index contributed by atoms with van der Waals surface area (Å²) in [4.78, 5) is 23.0. The second kappa shape index (κ2) is 7.12. The molecule has 0 fully saturated rings. The van der Waals surface area contributed by atoms with Crippen LogP contribution in [0.25, 0.3) is 0 Å². The highest BCUT2D eigenvalue weighted by Gasteiger charge is 2.09. The van der Waals surface area contributed by atoms with Crippen LogP contribution in [-0.4, -0.2) is 35.5 Å². The quantitative estimate of drug-likeness (QED) is 0.496. The molecule has 0 saturated carbocycles. The van der Waals surface area contributed by atoms with Crippen molar-refractivity contribution in [2.75, 3.05) is 13.6 Å². The fourth-order valence-electron chi connectivity index (χ4n) is 1.00. The number of carbonyl (C=O) groups excluding carboxylic acids is 1. The number of nitrogens with zero attached hydrogens (tertiary/aromatic N) is 1. The lowest BCUT2D eigenvalue weighted by Gasteiger charge is -2.15. The zero-order valence-corrected chi connectivity index (χ0v) is 8.53. The van der Waals surface area contributed by atoms with Gasteiger partial charge in [-0.1, -0.05) is 6.08 Å². The van der Waals surface area contributed by atoms with E-state index in [4.69, 9.17) is 5.11 Å². The van der Waals surface area contributed by atoms with E-state index in [0.717, 1.165) is 12.8 Å². The summed E-state index contributed by atoms with van der Waals surface area (Å²) in [5.41, 5.74) is 0. The van der Waals surface area contributed by atoms with Gasteiger partial charge in [0.1, 0.15) is 0 Å². The van der Waals surface area contributed by atoms with E-state index in [1.165, 1.54) is 0 Å². The first-order valence-electron chi connectivity index (χ1n) is 4.64. The molecular formula is C10H17NO3. The van der Waals surface area contributed by atoms with Crippen molar-refractivity contribution >= 4 is 11.9 Å². The van der Waals surface area contributed by atoms with Crippen LogP contribution in [0.1, 0.15) is 25.7 Å². The Hall–Kier alpha value is -1.32. The van der Waals surface area contributed by atoms with Crippen LogP contribution in [0, 0.1) is 0 Å². The Morgan fingerprint density at radius 2 is 2.07 bits per heavy atom. The van der Waals surface area contributed by atoms with Gasteiger partial charge in [0.15, 0.2) is 0 Å². The summed E-state index contributed by atoms with van der Waals surface area (Å²) in [7, 11) is 1.69. The number of rotatable bonds is 7. The molecule has 0 aliphatic heterocycles. The molecule has 14 heavy (non-hydrogen) atoms. The molecule has 0 saturated heterocycles. The monoisotopic (exact) mass is 199 g/mol. The van der Waals surface area contributed by atoms with E-state index >= 15 is 0 Å². The molecule has 0 aromatic carbocycles. The number of carboxylic acid groups (broad SMARTS) is 1. The lowest BCUT2D eigenvalue weighted by molar-refractivity contribution is -0.140. The van der Waals surface area contributed by atoms with E-state index in [9.17, 15) is 9.59 Å². The van der Waals surface area contributed by atoms with Crippen LogP contribution in [0.4, 0.5) is 0 Å². The van der Waals surface area contributed by atoms with Crippen molar-refractivity contribution in [3.8, 4) is 0 Å². The molecule has 0 aliphatic carbocycles. The molecule has 1 amide bonds. The average Bonchev–Trinajstić information content (AvgIpc) is 2.14. The Bertz CT molecular complexity index is 213. The topological polar surface area (TPSA) is 57.6 Å². The molecule has 80 valence electrons. The lowest BCUT2D eigenvalue weighted by Crippen LogP contribution is -2.27. The summed E-state index contributed by atoms with van der Waals surface area (Å²) in [5.74, 6) is -1.05. The molecule has 0 atom stereocenters. The first kappa shape index (κ1) is 12.7. The molecule has 0 unspecified atom stereocenters. The Labute approximate surface area is 84.2 Å². The van der Waals surface area contributed by atoms with E-state index in [2.05, 4.69) is 6.58 Å². The van der Waals surface area contributed by atoms with E-state index in [1.54, 1.807) is 18.0 Å². The third-order valence-electron chi connectivity index (χ3n) is 1.88. The van der Waals surface area contributed by atoms with Gasteiger partial charge in [-0.25, -0.2) is 0 Å². The normalized spacial score (nSPS) is 9.50. The Kier molecular flexibility index (Phi) is 6.45. The number of amides is 1. The molecule has 4 nitrogen and oxygen atoms in total. The average molecular weight is 199 g/mol. The number of allylic oxidation sites excluding steroid dienone is 1. The van der Waals surface area contributed by atoms with Crippen LogP contribution < -0.4 is 0 Å². The summed E-state index contributed by atoms with van der Waals surface area (Å²) >= 11 is 0. The van der Waals surface area contributed by atoms with Gasteiger partial charge < -0.3 is 10.0 Å². The highest BCUT2D eigenvalue weighted by atomic mass is 16.4. The number of carbonyl (C=O) groups is 2. The van der Waals surface area contributed by atoms with E-state index < -0.39 is 5.97 Å². The molecule has 0 aromatic heterocycles. The second-order valence-electron chi connectivity index (χ2n) is 3.14. The van der Waals surface area contributed by atoms with Gasteiger partial charge in [-0.3, -0.25) is 9.59 Å². The summed E-state index contributed by atoms with van der Waals surface area (Å²) in [5, 5.41) is 8.37. The third-order valence-corrected chi connectivity index (χ3v) is 1.88. The molecule has 0 heterocycles. The van der Waals surface area contributed by atoms with E-state index in [0.29, 0.717) is 6.54 Å². The van der Waals surface area contributed by atoms with Gasteiger partial charge in [0.05, 0.1) is 6.42 Å².